The molecule has 6 heteroatoms. The van der Waals surface area contributed by atoms with Crippen LogP contribution in [0.3, 0.4) is 0 Å². The molecule has 0 saturated carbocycles. The Labute approximate surface area is 119 Å². The highest BCUT2D eigenvalue weighted by Crippen LogP contribution is 2.36. The average molecular weight is 279 g/mol. The molecule has 0 aromatic rings. The van der Waals surface area contributed by atoms with Crippen LogP contribution in [0.4, 0.5) is 0 Å². The van der Waals surface area contributed by atoms with Crippen LogP contribution in [-0.4, -0.2) is 29.2 Å². The van der Waals surface area contributed by atoms with Gasteiger partial charge in [0.2, 0.25) is 11.6 Å². The third-order valence-corrected chi connectivity index (χ3v) is 2.63. The third kappa shape index (κ3) is 5.39. The maximum absolute atomic E-state index is 11.9. The molecule has 0 spiro atoms. The maximum Gasteiger partial charge on any atom is 0.328 e. The molecule has 0 unspecified atom stereocenters. The molecule has 0 bridgehead atoms. The van der Waals surface area contributed by atoms with E-state index in [9.17, 15) is 9.59 Å². The van der Waals surface area contributed by atoms with E-state index in [2.05, 4.69) is 21.5 Å². The zero-order chi connectivity index (χ0) is 15.4. The van der Waals surface area contributed by atoms with Gasteiger partial charge in [0.1, 0.15) is 11.6 Å². The number of carbonyl (C=O) groups excluding carboxylic acids is 2. The lowest BCUT2D eigenvalue weighted by atomic mass is 10.0. The van der Waals surface area contributed by atoms with Gasteiger partial charge >= 0.3 is 5.97 Å². The van der Waals surface area contributed by atoms with Gasteiger partial charge in [-0.05, 0) is 27.7 Å². The Morgan fingerprint density at radius 3 is 2.45 bits per heavy atom. The third-order valence-electron chi connectivity index (χ3n) is 2.63. The summed E-state index contributed by atoms with van der Waals surface area (Å²) in [4.78, 5) is 23.6. The van der Waals surface area contributed by atoms with Crippen LogP contribution in [0.1, 0.15) is 47.0 Å². The van der Waals surface area contributed by atoms with E-state index in [-0.39, 0.29) is 12.3 Å². The van der Waals surface area contributed by atoms with Gasteiger partial charge in [-0.15, -0.1) is 12.3 Å². The Bertz CT molecular complexity index is 451. The number of hydrogen-bond acceptors (Lipinski definition) is 5. The molecule has 0 aromatic carbocycles. The molecule has 1 N–H and O–H groups in total. The Morgan fingerprint density at radius 1 is 1.40 bits per heavy atom. The molecule has 20 heavy (non-hydrogen) atoms. The van der Waals surface area contributed by atoms with E-state index < -0.39 is 23.3 Å². The minimum absolute atomic E-state index is 0.113. The summed E-state index contributed by atoms with van der Waals surface area (Å²) in [6.45, 7) is 6.91. The van der Waals surface area contributed by atoms with Gasteiger partial charge in [0, 0.05) is 12.8 Å². The van der Waals surface area contributed by atoms with Gasteiger partial charge in [0.05, 0.1) is 6.42 Å². The minimum Gasteiger partial charge on any atom is -0.458 e. The van der Waals surface area contributed by atoms with Crippen LogP contribution in [-0.2, 0) is 14.3 Å². The second-order valence-corrected chi connectivity index (χ2v) is 5.89. The van der Waals surface area contributed by atoms with Crippen LogP contribution in [0.25, 0.3) is 0 Å². The monoisotopic (exact) mass is 279 g/mol. The molecular weight excluding hydrogens is 258 g/mol. The predicted molar refractivity (Wildman–Crippen MR) is 73.7 cm³/mol. The van der Waals surface area contributed by atoms with E-state index in [4.69, 9.17) is 11.2 Å². The van der Waals surface area contributed by atoms with Crippen molar-refractivity contribution >= 4 is 11.9 Å². The van der Waals surface area contributed by atoms with Crippen LogP contribution in [0, 0.1) is 12.3 Å². The lowest BCUT2D eigenvalue weighted by Gasteiger charge is -2.22. The standard InChI is InChI=1S/C14H21N3O3/c1-6-7-8-14(16-17-14)9-11(18)15-10(2)12(19)20-13(3,4)5/h1,10H,7-9H2,2-5H3,(H,15,18)/t10-/m0/s1. The van der Waals surface area contributed by atoms with Crippen LogP contribution in [0.5, 0.6) is 0 Å². The minimum atomic E-state index is -0.704. The molecule has 1 rings (SSSR count). The lowest BCUT2D eigenvalue weighted by molar-refractivity contribution is -0.158. The second-order valence-electron chi connectivity index (χ2n) is 5.89. The van der Waals surface area contributed by atoms with Crippen LogP contribution in [0.15, 0.2) is 10.2 Å². The van der Waals surface area contributed by atoms with Crippen molar-refractivity contribution in [2.24, 2.45) is 10.2 Å². The van der Waals surface area contributed by atoms with Gasteiger partial charge in [-0.25, -0.2) is 4.79 Å². The first kappa shape index (κ1) is 16.2. The molecule has 0 fully saturated rings. The van der Waals surface area contributed by atoms with Gasteiger partial charge in [0.15, 0.2) is 0 Å². The number of esters is 1. The van der Waals surface area contributed by atoms with Crippen molar-refractivity contribution in [2.45, 2.75) is 64.3 Å². The number of nitrogens with zero attached hydrogens (tertiary/aromatic N) is 2. The fourth-order valence-corrected chi connectivity index (χ4v) is 1.60. The fourth-order valence-electron chi connectivity index (χ4n) is 1.60. The first-order valence-corrected chi connectivity index (χ1v) is 6.57. The molecule has 0 saturated heterocycles. The quantitative estimate of drug-likeness (QED) is 0.594. The number of ether oxygens (including phenoxy) is 1. The van der Waals surface area contributed by atoms with Crippen molar-refractivity contribution < 1.29 is 14.3 Å². The second kappa shape index (κ2) is 6.04. The lowest BCUT2D eigenvalue weighted by Crippen LogP contribution is -2.43. The summed E-state index contributed by atoms with van der Waals surface area (Å²) in [6, 6.07) is -0.704. The van der Waals surface area contributed by atoms with Crippen LogP contribution < -0.4 is 5.32 Å². The molecule has 1 aliphatic rings. The largest absolute Gasteiger partial charge is 0.458 e. The fraction of sp³-hybridized carbons (Fsp3) is 0.714. The van der Waals surface area contributed by atoms with Gasteiger partial charge < -0.3 is 10.1 Å². The van der Waals surface area contributed by atoms with E-state index in [1.807, 2.05) is 0 Å². The van der Waals surface area contributed by atoms with Crippen molar-refractivity contribution in [1.82, 2.24) is 5.32 Å². The van der Waals surface area contributed by atoms with Crippen LogP contribution in [0.2, 0.25) is 0 Å². The van der Waals surface area contributed by atoms with Crippen molar-refractivity contribution in [3.8, 4) is 12.3 Å². The molecule has 110 valence electrons. The summed E-state index contributed by atoms with van der Waals surface area (Å²) in [6.07, 6.45) is 6.36. The smallest absolute Gasteiger partial charge is 0.328 e. The van der Waals surface area contributed by atoms with Gasteiger partial charge in [-0.1, -0.05) is 0 Å². The van der Waals surface area contributed by atoms with Crippen molar-refractivity contribution in [1.29, 1.82) is 0 Å². The highest BCUT2D eigenvalue weighted by molar-refractivity contribution is 5.85. The first-order chi connectivity index (χ1) is 9.17. The Balaban J connectivity index is 2.39. The van der Waals surface area contributed by atoms with Gasteiger partial charge in [0.25, 0.3) is 0 Å². The Hall–Kier alpha value is -1.90. The van der Waals surface area contributed by atoms with Crippen molar-refractivity contribution in [3.05, 3.63) is 0 Å². The number of nitrogens with one attached hydrogen (secondary N) is 1. The highest BCUT2D eigenvalue weighted by Gasteiger charge is 2.42. The van der Waals surface area contributed by atoms with Gasteiger partial charge in [-0.2, -0.15) is 10.2 Å². The topological polar surface area (TPSA) is 80.1 Å². The zero-order valence-electron chi connectivity index (χ0n) is 12.4. The molecule has 0 aromatic heterocycles. The average Bonchev–Trinajstić information content (AvgIpc) is 3.04. The molecule has 1 heterocycles. The normalized spacial score (nSPS) is 16.9. The van der Waals surface area contributed by atoms with E-state index in [0.29, 0.717) is 12.8 Å². The number of rotatable bonds is 6. The van der Waals surface area contributed by atoms with Gasteiger partial charge in [-0.3, -0.25) is 4.79 Å². The molecule has 1 aliphatic heterocycles. The van der Waals surface area contributed by atoms with E-state index in [1.165, 1.54) is 0 Å². The highest BCUT2D eigenvalue weighted by atomic mass is 16.6. The summed E-state index contributed by atoms with van der Waals surface area (Å²) in [7, 11) is 0. The number of amides is 1. The molecule has 6 nitrogen and oxygen atoms in total. The van der Waals surface area contributed by atoms with E-state index in [1.54, 1.807) is 27.7 Å². The first-order valence-electron chi connectivity index (χ1n) is 6.57. The van der Waals surface area contributed by atoms with Crippen LogP contribution >= 0.6 is 0 Å². The van der Waals surface area contributed by atoms with Crippen molar-refractivity contribution in [2.75, 3.05) is 0 Å². The Kier molecular flexibility index (Phi) is 4.88. The summed E-state index contributed by atoms with van der Waals surface area (Å²) in [5.41, 5.74) is -1.25. The number of terminal acetylenes is 1. The molecular formula is C14H21N3O3. The maximum atomic E-state index is 11.9. The molecule has 0 radical (unpaired) electrons. The van der Waals surface area contributed by atoms with E-state index in [0.717, 1.165) is 0 Å². The summed E-state index contributed by atoms with van der Waals surface area (Å²) < 4.78 is 5.18. The molecule has 1 amide bonds. The SMILES string of the molecule is C#CCCC1(CC(=O)N[C@@H](C)C(=O)OC(C)(C)C)N=N1. The summed E-state index contributed by atoms with van der Waals surface area (Å²) in [5, 5.41) is 10.3. The number of carbonyl (C=O) groups is 2. The molecule has 0 aliphatic carbocycles. The van der Waals surface area contributed by atoms with Crippen molar-refractivity contribution in [3.63, 3.8) is 0 Å². The predicted octanol–water partition coefficient (Wildman–Crippen LogP) is 1.80. The summed E-state index contributed by atoms with van der Waals surface area (Å²) in [5.74, 6) is 1.74. The van der Waals surface area contributed by atoms with E-state index >= 15 is 0 Å². The summed E-state index contributed by atoms with van der Waals surface area (Å²) >= 11 is 0. The zero-order valence-corrected chi connectivity index (χ0v) is 12.4. The Morgan fingerprint density at radius 2 is 2.00 bits per heavy atom. The molecule has 1 atom stereocenters. The number of hydrogen-bond donors (Lipinski definition) is 1.